The second kappa shape index (κ2) is 8.37. The van der Waals surface area contributed by atoms with E-state index in [1.807, 2.05) is 66.4 Å². The number of piperidine rings is 1. The summed E-state index contributed by atoms with van der Waals surface area (Å²) in [5, 5.41) is 0. The lowest BCUT2D eigenvalue weighted by Crippen LogP contribution is -2.54. The molecule has 1 saturated heterocycles. The van der Waals surface area contributed by atoms with Crippen LogP contribution in [0.15, 0.2) is 54.6 Å². The van der Waals surface area contributed by atoms with Gasteiger partial charge in [0.15, 0.2) is 0 Å². The van der Waals surface area contributed by atoms with Crippen LogP contribution in [-0.4, -0.2) is 43.2 Å². The van der Waals surface area contributed by atoms with Gasteiger partial charge in [0.2, 0.25) is 5.91 Å². The summed E-state index contributed by atoms with van der Waals surface area (Å²) in [6.07, 6.45) is 2.25. The van der Waals surface area contributed by atoms with E-state index >= 15 is 0 Å². The monoisotopic (exact) mass is 353 g/mol. The molecule has 138 valence electrons. The number of aryl methyl sites for hydroxylation is 1. The average Bonchev–Trinajstić information content (AvgIpc) is 2.69. The van der Waals surface area contributed by atoms with Crippen LogP contribution in [0, 0.1) is 6.92 Å². The molecule has 1 aliphatic rings. The van der Waals surface area contributed by atoms with Gasteiger partial charge in [-0.2, -0.15) is 0 Å². The standard InChI is InChI=1S/C22H27NO3/c1-18-9-6-7-10-19(18)15-21(24)23-14-8-13-22(16-23,25-2)17-26-20-11-4-3-5-12-20/h3-7,9-12H,8,13-17H2,1-2H3. The lowest BCUT2D eigenvalue weighted by Gasteiger charge is -2.41. The Kier molecular flexibility index (Phi) is 5.94. The number of methoxy groups -OCH3 is 1. The number of rotatable bonds is 6. The molecular weight excluding hydrogens is 326 g/mol. The second-order valence-corrected chi connectivity index (χ2v) is 7.01. The fourth-order valence-corrected chi connectivity index (χ4v) is 3.47. The van der Waals surface area contributed by atoms with Gasteiger partial charge in [-0.15, -0.1) is 0 Å². The highest BCUT2D eigenvalue weighted by molar-refractivity contribution is 5.79. The molecule has 1 fully saturated rings. The van der Waals surface area contributed by atoms with Crippen LogP contribution in [-0.2, 0) is 16.0 Å². The zero-order chi connectivity index (χ0) is 18.4. The number of para-hydroxylation sites is 1. The summed E-state index contributed by atoms with van der Waals surface area (Å²) in [5.41, 5.74) is 1.80. The molecule has 0 N–H and O–H groups in total. The molecule has 2 aromatic carbocycles. The number of amides is 1. The molecule has 1 aliphatic heterocycles. The van der Waals surface area contributed by atoms with Crippen LogP contribution < -0.4 is 4.74 Å². The predicted octanol–water partition coefficient (Wildman–Crippen LogP) is 3.62. The van der Waals surface area contributed by atoms with E-state index in [0.717, 1.165) is 36.3 Å². The van der Waals surface area contributed by atoms with Crippen molar-refractivity contribution < 1.29 is 14.3 Å². The number of hydrogen-bond acceptors (Lipinski definition) is 3. The highest BCUT2D eigenvalue weighted by Crippen LogP contribution is 2.27. The van der Waals surface area contributed by atoms with Gasteiger partial charge in [-0.1, -0.05) is 42.5 Å². The molecule has 1 atom stereocenters. The lowest BCUT2D eigenvalue weighted by molar-refractivity contribution is -0.142. The number of ether oxygens (including phenoxy) is 2. The minimum absolute atomic E-state index is 0.153. The Bertz CT molecular complexity index is 731. The Morgan fingerprint density at radius 1 is 1.12 bits per heavy atom. The van der Waals surface area contributed by atoms with E-state index in [4.69, 9.17) is 9.47 Å². The molecule has 26 heavy (non-hydrogen) atoms. The van der Waals surface area contributed by atoms with Gasteiger partial charge in [-0.25, -0.2) is 0 Å². The van der Waals surface area contributed by atoms with Crippen molar-refractivity contribution in [2.24, 2.45) is 0 Å². The molecule has 1 heterocycles. The minimum atomic E-state index is -0.449. The summed E-state index contributed by atoms with van der Waals surface area (Å²) in [5.74, 6) is 0.979. The van der Waals surface area contributed by atoms with Crippen molar-refractivity contribution in [1.29, 1.82) is 0 Å². The van der Waals surface area contributed by atoms with Gasteiger partial charge in [0.05, 0.1) is 13.0 Å². The molecule has 2 aromatic rings. The fourth-order valence-electron chi connectivity index (χ4n) is 3.47. The van der Waals surface area contributed by atoms with Crippen LogP contribution in [0.5, 0.6) is 5.75 Å². The highest BCUT2D eigenvalue weighted by atomic mass is 16.5. The quantitative estimate of drug-likeness (QED) is 0.796. The van der Waals surface area contributed by atoms with Crippen LogP contribution >= 0.6 is 0 Å². The first-order valence-corrected chi connectivity index (χ1v) is 9.17. The Balaban J connectivity index is 1.64. The summed E-state index contributed by atoms with van der Waals surface area (Å²) in [6.45, 7) is 3.84. The number of likely N-dealkylation sites (tertiary alicyclic amines) is 1. The summed E-state index contributed by atoms with van der Waals surface area (Å²) in [4.78, 5) is 14.8. The molecule has 0 radical (unpaired) electrons. The first-order valence-electron chi connectivity index (χ1n) is 9.17. The fraction of sp³-hybridized carbons (Fsp3) is 0.409. The molecule has 0 saturated carbocycles. The molecule has 1 unspecified atom stereocenters. The van der Waals surface area contributed by atoms with E-state index in [-0.39, 0.29) is 5.91 Å². The van der Waals surface area contributed by atoms with Crippen LogP contribution in [0.4, 0.5) is 0 Å². The first kappa shape index (κ1) is 18.5. The number of nitrogens with zero attached hydrogens (tertiary/aromatic N) is 1. The van der Waals surface area contributed by atoms with E-state index in [0.29, 0.717) is 19.6 Å². The number of hydrogen-bond donors (Lipinski definition) is 0. The SMILES string of the molecule is COC1(COc2ccccc2)CCCN(C(=O)Cc2ccccc2C)C1. The highest BCUT2D eigenvalue weighted by Gasteiger charge is 2.38. The topological polar surface area (TPSA) is 38.8 Å². The molecule has 0 spiro atoms. The van der Waals surface area contributed by atoms with Gasteiger partial charge in [-0.3, -0.25) is 4.79 Å². The molecule has 0 aliphatic carbocycles. The van der Waals surface area contributed by atoms with Gasteiger partial charge in [0, 0.05) is 13.7 Å². The third-order valence-corrected chi connectivity index (χ3v) is 5.17. The predicted molar refractivity (Wildman–Crippen MR) is 102 cm³/mol. The van der Waals surface area contributed by atoms with Gasteiger partial charge in [0.25, 0.3) is 0 Å². The van der Waals surface area contributed by atoms with Crippen molar-refractivity contribution in [3.05, 3.63) is 65.7 Å². The van der Waals surface area contributed by atoms with E-state index in [1.54, 1.807) is 7.11 Å². The van der Waals surface area contributed by atoms with Gasteiger partial charge in [0.1, 0.15) is 18.0 Å². The van der Waals surface area contributed by atoms with Crippen molar-refractivity contribution in [2.75, 3.05) is 26.8 Å². The molecule has 4 heteroatoms. The third kappa shape index (κ3) is 4.44. The zero-order valence-electron chi connectivity index (χ0n) is 15.6. The van der Waals surface area contributed by atoms with Gasteiger partial charge in [-0.05, 0) is 43.0 Å². The number of carbonyl (C=O) groups excluding carboxylic acids is 1. The van der Waals surface area contributed by atoms with Gasteiger partial charge < -0.3 is 14.4 Å². The number of carbonyl (C=O) groups is 1. The summed E-state index contributed by atoms with van der Waals surface area (Å²) >= 11 is 0. The summed E-state index contributed by atoms with van der Waals surface area (Å²) in [7, 11) is 1.71. The summed E-state index contributed by atoms with van der Waals surface area (Å²) < 4.78 is 11.8. The van der Waals surface area contributed by atoms with E-state index < -0.39 is 5.60 Å². The third-order valence-electron chi connectivity index (χ3n) is 5.17. The smallest absolute Gasteiger partial charge is 0.227 e. The van der Waals surface area contributed by atoms with E-state index in [2.05, 4.69) is 0 Å². The molecule has 3 rings (SSSR count). The normalized spacial score (nSPS) is 20.0. The van der Waals surface area contributed by atoms with Crippen LogP contribution in [0.25, 0.3) is 0 Å². The zero-order valence-corrected chi connectivity index (χ0v) is 15.6. The Labute approximate surface area is 155 Å². The van der Waals surface area contributed by atoms with Crippen molar-refractivity contribution in [1.82, 2.24) is 4.90 Å². The Morgan fingerprint density at radius 2 is 1.85 bits per heavy atom. The van der Waals surface area contributed by atoms with Crippen molar-refractivity contribution in [2.45, 2.75) is 31.8 Å². The second-order valence-electron chi connectivity index (χ2n) is 7.01. The molecule has 1 amide bonds. The van der Waals surface area contributed by atoms with Crippen LogP contribution in [0.3, 0.4) is 0 Å². The number of benzene rings is 2. The Morgan fingerprint density at radius 3 is 2.58 bits per heavy atom. The maximum Gasteiger partial charge on any atom is 0.227 e. The average molecular weight is 353 g/mol. The molecular formula is C22H27NO3. The molecule has 0 aromatic heterocycles. The van der Waals surface area contributed by atoms with Crippen molar-refractivity contribution in [3.63, 3.8) is 0 Å². The minimum Gasteiger partial charge on any atom is -0.491 e. The first-order chi connectivity index (χ1) is 12.6. The van der Waals surface area contributed by atoms with Crippen molar-refractivity contribution in [3.8, 4) is 5.75 Å². The van der Waals surface area contributed by atoms with Crippen LogP contribution in [0.2, 0.25) is 0 Å². The molecule has 4 nitrogen and oxygen atoms in total. The van der Waals surface area contributed by atoms with E-state index in [9.17, 15) is 4.79 Å². The lowest BCUT2D eigenvalue weighted by atomic mass is 9.92. The van der Waals surface area contributed by atoms with Crippen LogP contribution in [0.1, 0.15) is 24.0 Å². The largest absolute Gasteiger partial charge is 0.491 e. The van der Waals surface area contributed by atoms with Crippen molar-refractivity contribution >= 4 is 5.91 Å². The maximum atomic E-state index is 12.8. The molecule has 0 bridgehead atoms. The summed E-state index contributed by atoms with van der Waals surface area (Å²) in [6, 6.07) is 17.8. The maximum absolute atomic E-state index is 12.8. The Hall–Kier alpha value is -2.33. The van der Waals surface area contributed by atoms with Gasteiger partial charge >= 0.3 is 0 Å². The van der Waals surface area contributed by atoms with E-state index in [1.165, 1.54) is 0 Å².